The van der Waals surface area contributed by atoms with Crippen LogP contribution in [0.2, 0.25) is 0 Å². The van der Waals surface area contributed by atoms with Crippen molar-refractivity contribution in [1.29, 1.82) is 0 Å². The number of hydrogen-bond donors (Lipinski definition) is 1. The molecule has 2 N–H and O–H groups in total. The molecule has 7 nitrogen and oxygen atoms in total. The highest BCUT2D eigenvalue weighted by atomic mass is 16.6. The molecule has 82 valence electrons. The fourth-order valence-electron chi connectivity index (χ4n) is 0.810. The van der Waals surface area contributed by atoms with E-state index in [0.29, 0.717) is 0 Å². The van der Waals surface area contributed by atoms with Crippen molar-refractivity contribution < 1.29 is 18.4 Å². The van der Waals surface area contributed by atoms with Gasteiger partial charge >= 0.3 is 11.9 Å². The van der Waals surface area contributed by atoms with Gasteiger partial charge in [-0.05, 0) is 13.8 Å². The number of nitrogens with zero attached hydrogens (tertiary/aromatic N) is 1. The lowest BCUT2D eigenvalue weighted by atomic mass is 10.4. The summed E-state index contributed by atoms with van der Waals surface area (Å²) in [5, 5.41) is 0. The number of ether oxygens (including phenoxy) is 1. The second-order valence-corrected chi connectivity index (χ2v) is 2.74. The first-order chi connectivity index (χ1) is 6.99. The Kier molecular flexibility index (Phi) is 3.27. The normalized spacial score (nSPS) is 11.5. The monoisotopic (exact) mass is 214 g/mol. The van der Waals surface area contributed by atoms with Crippen LogP contribution in [-0.2, 0) is 11.3 Å². The maximum absolute atomic E-state index is 10.9. The van der Waals surface area contributed by atoms with E-state index >= 15 is 0 Å². The molecule has 1 heterocycles. The summed E-state index contributed by atoms with van der Waals surface area (Å²) in [5.74, 6) is -0.332. The molecule has 0 radical (unpaired) electrons. The summed E-state index contributed by atoms with van der Waals surface area (Å²) < 4.78 is 13.8. The zero-order valence-electron chi connectivity index (χ0n) is 8.27. The van der Waals surface area contributed by atoms with E-state index in [1.165, 1.54) is 13.8 Å². The smallest absolute Gasteiger partial charge is 0.440 e. The first kappa shape index (κ1) is 11.0. The van der Waals surface area contributed by atoms with Crippen molar-refractivity contribution in [3.63, 3.8) is 0 Å². The molecule has 0 aliphatic carbocycles. The fraction of sp³-hybridized carbons (Fsp3) is 0.375. The summed E-state index contributed by atoms with van der Waals surface area (Å²) in [5.41, 5.74) is 5.15. The zero-order valence-corrected chi connectivity index (χ0v) is 8.27. The third-order valence-electron chi connectivity index (χ3n) is 1.43. The van der Waals surface area contributed by atoms with Gasteiger partial charge < -0.3 is 19.3 Å². The van der Waals surface area contributed by atoms with Crippen molar-refractivity contribution in [2.24, 2.45) is 10.7 Å². The minimum Gasteiger partial charge on any atom is -0.440 e. The van der Waals surface area contributed by atoms with E-state index in [0.717, 1.165) is 0 Å². The van der Waals surface area contributed by atoms with Gasteiger partial charge in [0.15, 0.2) is 18.1 Å². The van der Waals surface area contributed by atoms with Crippen LogP contribution < -0.4 is 11.6 Å². The van der Waals surface area contributed by atoms with Crippen LogP contribution in [-0.4, -0.2) is 11.9 Å². The third-order valence-corrected chi connectivity index (χ3v) is 1.43. The van der Waals surface area contributed by atoms with Crippen molar-refractivity contribution in [3.05, 3.63) is 22.1 Å². The number of nitrogens with two attached hydrogens (primary N) is 1. The van der Waals surface area contributed by atoms with E-state index in [1.54, 1.807) is 0 Å². The largest absolute Gasteiger partial charge is 0.519 e. The predicted octanol–water partition coefficient (Wildman–Crippen LogP) is 0.555. The number of amidine groups is 1. The number of rotatable bonds is 2. The molecule has 1 aromatic rings. The summed E-state index contributed by atoms with van der Waals surface area (Å²) in [7, 11) is 0. The van der Waals surface area contributed by atoms with Crippen LogP contribution in [0.15, 0.2) is 18.6 Å². The van der Waals surface area contributed by atoms with Crippen molar-refractivity contribution in [2.75, 3.05) is 0 Å². The Morgan fingerprint density at radius 3 is 2.67 bits per heavy atom. The van der Waals surface area contributed by atoms with Gasteiger partial charge in [-0.1, -0.05) is 0 Å². The molecular formula is C8H10N2O5. The van der Waals surface area contributed by atoms with Gasteiger partial charge in [-0.2, -0.15) is 4.99 Å². The van der Waals surface area contributed by atoms with Crippen LogP contribution in [0.4, 0.5) is 4.79 Å². The lowest BCUT2D eigenvalue weighted by Crippen LogP contribution is -2.10. The number of hydrogen-bond acceptors (Lipinski definition) is 5. The van der Waals surface area contributed by atoms with Gasteiger partial charge in [0.1, 0.15) is 5.84 Å². The molecule has 1 amide bonds. The van der Waals surface area contributed by atoms with Gasteiger partial charge in [0.2, 0.25) is 0 Å². The fourth-order valence-corrected chi connectivity index (χ4v) is 0.810. The highest BCUT2D eigenvalue weighted by Crippen LogP contribution is 2.06. The molecule has 0 unspecified atom stereocenters. The van der Waals surface area contributed by atoms with Crippen LogP contribution in [0.1, 0.15) is 18.4 Å². The Morgan fingerprint density at radius 1 is 1.53 bits per heavy atom. The van der Waals surface area contributed by atoms with Gasteiger partial charge in [0.05, 0.1) is 0 Å². The number of aliphatic imine (C=N–C) groups is 1. The highest BCUT2D eigenvalue weighted by molar-refractivity contribution is 5.88. The maximum Gasteiger partial charge on any atom is 0.519 e. The Bertz CT molecular complexity index is 438. The van der Waals surface area contributed by atoms with Crippen LogP contribution in [0.3, 0.4) is 0 Å². The van der Waals surface area contributed by atoms with E-state index in [4.69, 9.17) is 5.73 Å². The minimum atomic E-state index is -0.849. The summed E-state index contributed by atoms with van der Waals surface area (Å²) in [6, 6.07) is 0. The molecule has 0 atom stereocenters. The number of carbonyl (C=O) groups excluding carboxylic acids is 1. The lowest BCUT2D eigenvalue weighted by Gasteiger charge is -1.97. The molecular weight excluding hydrogens is 204 g/mol. The zero-order chi connectivity index (χ0) is 11.4. The first-order valence-electron chi connectivity index (χ1n) is 4.06. The molecule has 0 bridgehead atoms. The van der Waals surface area contributed by atoms with E-state index in [9.17, 15) is 9.59 Å². The van der Waals surface area contributed by atoms with Crippen molar-refractivity contribution in [1.82, 2.24) is 0 Å². The van der Waals surface area contributed by atoms with Crippen LogP contribution in [0.5, 0.6) is 0 Å². The number of aryl methyl sites for hydroxylation is 1. The molecule has 0 aliphatic rings. The van der Waals surface area contributed by atoms with E-state index in [2.05, 4.69) is 18.6 Å². The Morgan fingerprint density at radius 2 is 2.20 bits per heavy atom. The Hall–Kier alpha value is -2.05. The van der Waals surface area contributed by atoms with Crippen LogP contribution >= 0.6 is 0 Å². The molecule has 0 aromatic carbocycles. The SMILES string of the molecule is C/C(N)=N/C(=O)OCc1oc(=O)oc1C. The van der Waals surface area contributed by atoms with Crippen LogP contribution in [0.25, 0.3) is 0 Å². The number of amides is 1. The second-order valence-electron chi connectivity index (χ2n) is 2.74. The van der Waals surface area contributed by atoms with Gasteiger partial charge in [-0.3, -0.25) is 0 Å². The highest BCUT2D eigenvalue weighted by Gasteiger charge is 2.10. The quantitative estimate of drug-likeness (QED) is 0.569. The summed E-state index contributed by atoms with van der Waals surface area (Å²) >= 11 is 0. The summed E-state index contributed by atoms with van der Waals surface area (Å²) in [4.78, 5) is 24.8. The van der Waals surface area contributed by atoms with Crippen molar-refractivity contribution in [2.45, 2.75) is 20.5 Å². The second kappa shape index (κ2) is 4.45. The van der Waals surface area contributed by atoms with E-state index < -0.39 is 11.9 Å². The first-order valence-corrected chi connectivity index (χ1v) is 4.06. The number of carbonyl (C=O) groups is 1. The summed E-state index contributed by atoms with van der Waals surface area (Å²) in [6.45, 7) is 2.75. The molecule has 1 rings (SSSR count). The van der Waals surface area contributed by atoms with Gasteiger partial charge in [0, 0.05) is 0 Å². The molecule has 0 spiro atoms. The summed E-state index contributed by atoms with van der Waals surface area (Å²) in [6.07, 6.45) is -0.849. The molecule has 0 fully saturated rings. The molecule has 0 aliphatic heterocycles. The lowest BCUT2D eigenvalue weighted by molar-refractivity contribution is 0.140. The topological polar surface area (TPSA) is 108 Å². The molecule has 15 heavy (non-hydrogen) atoms. The van der Waals surface area contributed by atoms with E-state index in [-0.39, 0.29) is 24.0 Å². The average Bonchev–Trinajstić information content (AvgIpc) is 2.40. The Balaban J connectivity index is 2.58. The molecule has 1 aromatic heterocycles. The molecule has 0 saturated heterocycles. The maximum atomic E-state index is 10.9. The Labute approximate surface area is 84.5 Å². The predicted molar refractivity (Wildman–Crippen MR) is 49.5 cm³/mol. The van der Waals surface area contributed by atoms with Crippen molar-refractivity contribution >= 4 is 11.9 Å². The van der Waals surface area contributed by atoms with Gasteiger partial charge in [0.25, 0.3) is 0 Å². The van der Waals surface area contributed by atoms with Crippen LogP contribution in [0, 0.1) is 6.92 Å². The van der Waals surface area contributed by atoms with Gasteiger partial charge in [-0.15, -0.1) is 0 Å². The molecule has 7 heteroatoms. The average molecular weight is 214 g/mol. The van der Waals surface area contributed by atoms with E-state index in [1.807, 2.05) is 0 Å². The molecule has 0 saturated carbocycles. The third kappa shape index (κ3) is 3.29. The standard InChI is InChI=1S/C8H10N2O5/c1-4-6(15-8(12)14-4)3-13-7(11)10-5(2)9/h3H2,1-2H3,(H2,9,10,11). The van der Waals surface area contributed by atoms with Gasteiger partial charge in [-0.25, -0.2) is 9.59 Å². The van der Waals surface area contributed by atoms with Crippen molar-refractivity contribution in [3.8, 4) is 0 Å². The minimum absolute atomic E-state index is 0.0883.